The number of nitrogens with zero attached hydrogens (tertiary/aromatic N) is 3. The Hall–Kier alpha value is -3.61. The number of benzene rings is 3. The number of hydrogen-bond acceptors (Lipinski definition) is 5. The van der Waals surface area contributed by atoms with Gasteiger partial charge in [-0.1, -0.05) is 65.8 Å². The van der Waals surface area contributed by atoms with E-state index in [0.717, 1.165) is 10.5 Å². The molecule has 2 aromatic heterocycles. The number of hydrogen-bond donors (Lipinski definition) is 0. The van der Waals surface area contributed by atoms with Crippen molar-refractivity contribution in [3.05, 3.63) is 112 Å². The Balaban J connectivity index is 1.51. The first-order chi connectivity index (χ1) is 15.7. The predicted molar refractivity (Wildman–Crippen MR) is 129 cm³/mol. The number of rotatable bonds is 5. The van der Waals surface area contributed by atoms with E-state index in [1.165, 1.54) is 22.7 Å². The van der Waals surface area contributed by atoms with Crippen molar-refractivity contribution >= 4 is 40.5 Å². The number of furan rings is 1. The van der Waals surface area contributed by atoms with E-state index in [0.29, 0.717) is 32.6 Å². The van der Waals surface area contributed by atoms with Crippen molar-refractivity contribution in [3.8, 4) is 11.4 Å². The van der Waals surface area contributed by atoms with Gasteiger partial charge in [-0.3, -0.25) is 4.79 Å². The van der Waals surface area contributed by atoms with Crippen LogP contribution in [0.3, 0.4) is 0 Å². The van der Waals surface area contributed by atoms with E-state index in [-0.39, 0.29) is 5.56 Å². The summed E-state index contributed by atoms with van der Waals surface area (Å²) < 4.78 is 7.17. The molecule has 0 aliphatic rings. The Morgan fingerprint density at radius 2 is 1.66 bits per heavy atom. The van der Waals surface area contributed by atoms with Crippen LogP contribution >= 0.6 is 23.4 Å². The smallest absolute Gasteiger partial charge is 0.282 e. The molecule has 0 radical (unpaired) electrons. The predicted octanol–water partition coefficient (Wildman–Crippen LogP) is 6.34. The van der Waals surface area contributed by atoms with Crippen LogP contribution in [0, 0.1) is 0 Å². The third-order valence-corrected chi connectivity index (χ3v) is 5.90. The van der Waals surface area contributed by atoms with Crippen LogP contribution in [0.5, 0.6) is 0 Å². The summed E-state index contributed by atoms with van der Waals surface area (Å²) in [5, 5.41) is 6.33. The number of aromatic nitrogens is 2. The maximum Gasteiger partial charge on any atom is 0.282 e. The van der Waals surface area contributed by atoms with Crippen LogP contribution in [-0.4, -0.2) is 15.9 Å². The molecule has 0 atom stereocenters. The van der Waals surface area contributed by atoms with Gasteiger partial charge >= 0.3 is 0 Å². The summed E-state index contributed by atoms with van der Waals surface area (Å²) in [6, 6.07) is 28.0. The van der Waals surface area contributed by atoms with E-state index < -0.39 is 0 Å². The van der Waals surface area contributed by atoms with Crippen LogP contribution in [0.15, 0.2) is 115 Å². The topological polar surface area (TPSA) is 60.4 Å². The molecule has 156 valence electrons. The summed E-state index contributed by atoms with van der Waals surface area (Å²) in [4.78, 5) is 18.9. The zero-order valence-corrected chi connectivity index (χ0v) is 18.3. The maximum absolute atomic E-state index is 13.2. The first-order valence-corrected chi connectivity index (χ1v) is 11.0. The average molecular weight is 458 g/mol. The minimum atomic E-state index is -0.243. The van der Waals surface area contributed by atoms with Gasteiger partial charge in [-0.25, -0.2) is 4.98 Å². The molecule has 0 fully saturated rings. The van der Waals surface area contributed by atoms with Crippen molar-refractivity contribution in [1.82, 2.24) is 9.66 Å². The van der Waals surface area contributed by atoms with Crippen LogP contribution in [-0.2, 0) is 0 Å². The van der Waals surface area contributed by atoms with Crippen molar-refractivity contribution in [2.24, 2.45) is 5.10 Å². The molecule has 5 aromatic rings. The molecule has 5 nitrogen and oxygen atoms in total. The summed E-state index contributed by atoms with van der Waals surface area (Å²) in [5.41, 5.74) is 1.18. The lowest BCUT2D eigenvalue weighted by Gasteiger charge is -2.09. The maximum atomic E-state index is 13.2. The van der Waals surface area contributed by atoms with Gasteiger partial charge in [-0.15, -0.1) is 0 Å². The summed E-state index contributed by atoms with van der Waals surface area (Å²) in [7, 11) is 0. The standard InChI is InChI=1S/C25H16ClN3O2S/c26-18-10-13-20(14-11-18)32-23-15-12-19(31-23)16-27-29-24(17-6-2-1-3-7-17)28-22-9-5-4-8-21(22)25(29)30/h1-16H. The van der Waals surface area contributed by atoms with Gasteiger partial charge in [-0.2, -0.15) is 9.78 Å². The highest BCUT2D eigenvalue weighted by atomic mass is 35.5. The van der Waals surface area contributed by atoms with Crippen LogP contribution < -0.4 is 5.56 Å². The van der Waals surface area contributed by atoms with E-state index in [1.54, 1.807) is 6.07 Å². The normalized spacial score (nSPS) is 11.4. The third-order valence-electron chi connectivity index (χ3n) is 4.72. The van der Waals surface area contributed by atoms with Crippen molar-refractivity contribution in [2.75, 3.05) is 0 Å². The highest BCUT2D eigenvalue weighted by molar-refractivity contribution is 7.99. The Morgan fingerprint density at radius 3 is 2.47 bits per heavy atom. The quantitative estimate of drug-likeness (QED) is 0.289. The Bertz CT molecular complexity index is 1480. The largest absolute Gasteiger partial charge is 0.448 e. The second-order valence-corrected chi connectivity index (χ2v) is 8.41. The third kappa shape index (κ3) is 4.23. The molecule has 0 saturated carbocycles. The van der Waals surface area contributed by atoms with Crippen LogP contribution in [0.2, 0.25) is 5.02 Å². The average Bonchev–Trinajstić information content (AvgIpc) is 3.27. The minimum absolute atomic E-state index is 0.243. The van der Waals surface area contributed by atoms with E-state index in [4.69, 9.17) is 21.0 Å². The zero-order valence-electron chi connectivity index (χ0n) is 16.7. The summed E-state index contributed by atoms with van der Waals surface area (Å²) in [5.74, 6) is 0.994. The summed E-state index contributed by atoms with van der Waals surface area (Å²) in [6.45, 7) is 0. The van der Waals surface area contributed by atoms with E-state index in [1.807, 2.05) is 84.9 Å². The van der Waals surface area contributed by atoms with Crippen LogP contribution in [0.25, 0.3) is 22.3 Å². The fourth-order valence-corrected chi connectivity index (χ4v) is 4.10. The molecule has 2 heterocycles. The number of halogens is 1. The van der Waals surface area contributed by atoms with E-state index in [9.17, 15) is 4.79 Å². The monoisotopic (exact) mass is 457 g/mol. The molecule has 3 aromatic carbocycles. The van der Waals surface area contributed by atoms with Crippen molar-refractivity contribution in [1.29, 1.82) is 0 Å². The molecular formula is C25H16ClN3O2S. The first kappa shape index (κ1) is 20.3. The van der Waals surface area contributed by atoms with Crippen LogP contribution in [0.1, 0.15) is 5.76 Å². The van der Waals surface area contributed by atoms with E-state index >= 15 is 0 Å². The Labute approximate surface area is 193 Å². The van der Waals surface area contributed by atoms with Gasteiger partial charge in [0, 0.05) is 15.5 Å². The first-order valence-electron chi connectivity index (χ1n) is 9.82. The molecule has 0 bridgehead atoms. The lowest BCUT2D eigenvalue weighted by molar-refractivity contribution is 0.468. The van der Waals surface area contributed by atoms with Gasteiger partial charge in [0.25, 0.3) is 5.56 Å². The second-order valence-electron chi connectivity index (χ2n) is 6.89. The number of para-hydroxylation sites is 1. The Morgan fingerprint density at radius 1 is 0.906 bits per heavy atom. The molecule has 32 heavy (non-hydrogen) atoms. The fourth-order valence-electron chi connectivity index (χ4n) is 3.20. The Kier molecular flexibility index (Phi) is 5.62. The summed E-state index contributed by atoms with van der Waals surface area (Å²) >= 11 is 7.42. The van der Waals surface area contributed by atoms with E-state index in [2.05, 4.69) is 5.10 Å². The van der Waals surface area contributed by atoms with Gasteiger partial charge in [0.2, 0.25) is 0 Å². The molecule has 0 spiro atoms. The highest BCUT2D eigenvalue weighted by Gasteiger charge is 2.12. The highest BCUT2D eigenvalue weighted by Crippen LogP contribution is 2.29. The molecule has 0 N–H and O–H groups in total. The van der Waals surface area contributed by atoms with Crippen molar-refractivity contribution in [3.63, 3.8) is 0 Å². The lowest BCUT2D eigenvalue weighted by Crippen LogP contribution is -2.20. The lowest BCUT2D eigenvalue weighted by atomic mass is 10.2. The molecule has 7 heteroatoms. The van der Waals surface area contributed by atoms with Gasteiger partial charge in [0.1, 0.15) is 5.76 Å². The van der Waals surface area contributed by atoms with Gasteiger partial charge in [0.15, 0.2) is 10.9 Å². The molecular weight excluding hydrogens is 442 g/mol. The number of fused-ring (bicyclic) bond motifs is 1. The SMILES string of the molecule is O=c1c2ccccc2nc(-c2ccccc2)n1N=Cc1ccc(Sc2ccc(Cl)cc2)o1. The molecule has 0 saturated heterocycles. The summed E-state index contributed by atoms with van der Waals surface area (Å²) in [6.07, 6.45) is 1.52. The molecule has 5 rings (SSSR count). The van der Waals surface area contributed by atoms with Gasteiger partial charge < -0.3 is 4.42 Å². The van der Waals surface area contributed by atoms with Gasteiger partial charge in [0.05, 0.1) is 17.1 Å². The van der Waals surface area contributed by atoms with Gasteiger partial charge in [-0.05, 0) is 48.5 Å². The molecule has 0 amide bonds. The molecule has 0 aliphatic heterocycles. The minimum Gasteiger partial charge on any atom is -0.448 e. The van der Waals surface area contributed by atoms with Crippen molar-refractivity contribution in [2.45, 2.75) is 9.99 Å². The van der Waals surface area contributed by atoms with Crippen LogP contribution in [0.4, 0.5) is 0 Å². The second kappa shape index (κ2) is 8.86. The van der Waals surface area contributed by atoms with Crippen molar-refractivity contribution < 1.29 is 4.42 Å². The fraction of sp³-hybridized carbons (Fsp3) is 0. The molecule has 0 aliphatic carbocycles. The zero-order chi connectivity index (χ0) is 21.9. The molecule has 0 unspecified atom stereocenters.